The minimum absolute atomic E-state index is 0.0691. The van der Waals surface area contributed by atoms with Crippen LogP contribution in [0.2, 0.25) is 10.3 Å². The van der Waals surface area contributed by atoms with Gasteiger partial charge in [0, 0.05) is 0 Å². The number of rotatable bonds is 1. The summed E-state index contributed by atoms with van der Waals surface area (Å²) in [5.41, 5.74) is 6.45. The monoisotopic (exact) mass is 260 g/mol. The fourth-order valence-electron chi connectivity index (χ4n) is 1.05. The van der Waals surface area contributed by atoms with Crippen LogP contribution < -0.4 is 5.73 Å². The Hall–Kier alpha value is -0.910. The average Bonchev–Trinajstić information content (AvgIpc) is 2.46. The first-order chi connectivity index (χ1) is 7.08. The van der Waals surface area contributed by atoms with Crippen LogP contribution in [0.3, 0.4) is 0 Å². The smallest absolute Gasteiger partial charge is 0.227 e. The average molecular weight is 261 g/mol. The van der Waals surface area contributed by atoms with Crippen LogP contribution in [0.15, 0.2) is 5.38 Å². The maximum atomic E-state index is 6.07. The van der Waals surface area contributed by atoms with Gasteiger partial charge in [-0.1, -0.05) is 11.6 Å². The molecule has 2 heterocycles. The topological polar surface area (TPSA) is 64.7 Å². The SMILES string of the molecule is Cc1csc(-c2nc(N)nc(Cl)n2)c1Cl. The van der Waals surface area contributed by atoms with E-state index in [4.69, 9.17) is 28.9 Å². The van der Waals surface area contributed by atoms with Crippen LogP contribution in [0, 0.1) is 6.92 Å². The summed E-state index contributed by atoms with van der Waals surface area (Å²) in [4.78, 5) is 12.4. The van der Waals surface area contributed by atoms with Gasteiger partial charge in [0.1, 0.15) is 0 Å². The van der Waals surface area contributed by atoms with Gasteiger partial charge in [-0.05, 0) is 29.5 Å². The quantitative estimate of drug-likeness (QED) is 0.857. The molecule has 0 saturated heterocycles. The van der Waals surface area contributed by atoms with Crippen molar-refractivity contribution in [2.75, 3.05) is 5.73 Å². The number of anilines is 1. The Morgan fingerprint density at radius 3 is 2.53 bits per heavy atom. The molecular weight excluding hydrogens is 255 g/mol. The second-order valence-electron chi connectivity index (χ2n) is 2.85. The number of nitrogens with zero attached hydrogens (tertiary/aromatic N) is 3. The molecule has 7 heteroatoms. The highest BCUT2D eigenvalue weighted by molar-refractivity contribution is 7.14. The second kappa shape index (κ2) is 3.92. The third-order valence-electron chi connectivity index (χ3n) is 1.73. The van der Waals surface area contributed by atoms with E-state index in [0.717, 1.165) is 10.4 Å². The van der Waals surface area contributed by atoms with E-state index >= 15 is 0 Å². The van der Waals surface area contributed by atoms with E-state index in [1.165, 1.54) is 11.3 Å². The normalized spacial score (nSPS) is 10.6. The maximum Gasteiger partial charge on any atom is 0.227 e. The molecule has 0 atom stereocenters. The first kappa shape index (κ1) is 10.6. The molecule has 0 bridgehead atoms. The number of hydrogen-bond donors (Lipinski definition) is 1. The lowest BCUT2D eigenvalue weighted by Crippen LogP contribution is -1.99. The Morgan fingerprint density at radius 2 is 2.00 bits per heavy atom. The fraction of sp³-hybridized carbons (Fsp3) is 0.125. The molecule has 0 unspecified atom stereocenters. The van der Waals surface area contributed by atoms with E-state index < -0.39 is 0 Å². The van der Waals surface area contributed by atoms with Crippen molar-refractivity contribution in [3.8, 4) is 10.7 Å². The van der Waals surface area contributed by atoms with Gasteiger partial charge in [-0.25, -0.2) is 0 Å². The molecule has 0 fully saturated rings. The molecule has 2 N–H and O–H groups in total. The zero-order valence-corrected chi connectivity index (χ0v) is 9.99. The summed E-state index contributed by atoms with van der Waals surface area (Å²) in [6.07, 6.45) is 0. The van der Waals surface area contributed by atoms with Crippen molar-refractivity contribution in [2.24, 2.45) is 0 Å². The van der Waals surface area contributed by atoms with Crippen LogP contribution in [0.1, 0.15) is 5.56 Å². The summed E-state index contributed by atoms with van der Waals surface area (Å²) in [6, 6.07) is 0. The van der Waals surface area contributed by atoms with E-state index in [9.17, 15) is 0 Å². The van der Waals surface area contributed by atoms with Gasteiger partial charge in [-0.2, -0.15) is 15.0 Å². The zero-order chi connectivity index (χ0) is 11.0. The molecule has 0 saturated carbocycles. The summed E-state index contributed by atoms with van der Waals surface area (Å²) < 4.78 is 0. The highest BCUT2D eigenvalue weighted by atomic mass is 35.5. The summed E-state index contributed by atoms with van der Waals surface area (Å²) in [5.74, 6) is 0.503. The molecule has 0 aliphatic carbocycles. The molecule has 0 radical (unpaired) electrons. The van der Waals surface area contributed by atoms with E-state index in [-0.39, 0.29) is 11.2 Å². The summed E-state index contributed by atoms with van der Waals surface area (Å²) >= 11 is 13.2. The third-order valence-corrected chi connectivity index (χ3v) is 3.59. The van der Waals surface area contributed by atoms with Gasteiger partial charge in [0.2, 0.25) is 11.2 Å². The van der Waals surface area contributed by atoms with Crippen molar-refractivity contribution in [1.82, 2.24) is 15.0 Å². The van der Waals surface area contributed by atoms with E-state index in [1.54, 1.807) is 0 Å². The van der Waals surface area contributed by atoms with Crippen molar-refractivity contribution in [3.05, 3.63) is 21.2 Å². The largest absolute Gasteiger partial charge is 0.368 e. The van der Waals surface area contributed by atoms with Gasteiger partial charge in [-0.3, -0.25) is 0 Å². The lowest BCUT2D eigenvalue weighted by Gasteiger charge is -1.99. The molecule has 0 aromatic carbocycles. The van der Waals surface area contributed by atoms with Gasteiger partial charge >= 0.3 is 0 Å². The van der Waals surface area contributed by atoms with Gasteiger partial charge in [0.15, 0.2) is 5.82 Å². The Morgan fingerprint density at radius 1 is 1.27 bits per heavy atom. The van der Waals surface area contributed by atoms with E-state index in [2.05, 4.69) is 15.0 Å². The first-order valence-electron chi connectivity index (χ1n) is 3.99. The molecule has 15 heavy (non-hydrogen) atoms. The number of halogens is 2. The molecule has 2 rings (SSSR count). The molecule has 2 aromatic heterocycles. The fourth-order valence-corrected chi connectivity index (χ4v) is 2.43. The van der Waals surface area contributed by atoms with Crippen molar-refractivity contribution in [1.29, 1.82) is 0 Å². The lowest BCUT2D eigenvalue weighted by atomic mass is 10.3. The number of hydrogen-bond acceptors (Lipinski definition) is 5. The molecular formula is C8H6Cl2N4S. The number of aromatic nitrogens is 3. The van der Waals surface area contributed by atoms with E-state index in [1.807, 2.05) is 12.3 Å². The molecule has 0 amide bonds. The number of nitrogen functional groups attached to an aromatic ring is 1. The Kier molecular flexibility index (Phi) is 2.77. The molecule has 4 nitrogen and oxygen atoms in total. The number of aryl methyl sites for hydroxylation is 1. The molecule has 2 aromatic rings. The second-order valence-corrected chi connectivity index (χ2v) is 4.44. The standard InChI is InChI=1S/C8H6Cl2N4S/c1-3-2-15-5(4(3)9)6-12-7(10)14-8(11)13-6/h2H,1H3,(H2,11,12,13,14). The van der Waals surface area contributed by atoms with Crippen LogP contribution >= 0.6 is 34.5 Å². The van der Waals surface area contributed by atoms with Crippen molar-refractivity contribution >= 4 is 40.5 Å². The van der Waals surface area contributed by atoms with Crippen LogP contribution in [0.25, 0.3) is 10.7 Å². The first-order valence-corrected chi connectivity index (χ1v) is 5.62. The van der Waals surface area contributed by atoms with Crippen LogP contribution in [0.5, 0.6) is 0 Å². The Labute approximate surface area is 100 Å². The van der Waals surface area contributed by atoms with Gasteiger partial charge in [0.05, 0.1) is 9.90 Å². The van der Waals surface area contributed by atoms with Crippen molar-refractivity contribution in [2.45, 2.75) is 6.92 Å². The maximum absolute atomic E-state index is 6.07. The Balaban J connectivity index is 2.58. The number of nitrogens with two attached hydrogens (primary N) is 1. The molecule has 0 spiro atoms. The number of thiophene rings is 1. The molecule has 0 aliphatic heterocycles. The van der Waals surface area contributed by atoms with Gasteiger partial charge in [-0.15, -0.1) is 11.3 Å². The predicted octanol–water partition coefficient (Wildman–Crippen LogP) is 2.80. The summed E-state index contributed by atoms with van der Waals surface area (Å²) in [6.45, 7) is 1.91. The van der Waals surface area contributed by atoms with Crippen LogP contribution in [0.4, 0.5) is 5.95 Å². The highest BCUT2D eigenvalue weighted by Crippen LogP contribution is 2.34. The van der Waals surface area contributed by atoms with Gasteiger partial charge < -0.3 is 5.73 Å². The van der Waals surface area contributed by atoms with Gasteiger partial charge in [0.25, 0.3) is 0 Å². The summed E-state index contributed by atoms with van der Waals surface area (Å²) in [5, 5.41) is 2.62. The highest BCUT2D eigenvalue weighted by Gasteiger charge is 2.13. The van der Waals surface area contributed by atoms with Crippen LogP contribution in [-0.2, 0) is 0 Å². The zero-order valence-electron chi connectivity index (χ0n) is 7.66. The minimum Gasteiger partial charge on any atom is -0.368 e. The van der Waals surface area contributed by atoms with E-state index in [0.29, 0.717) is 10.8 Å². The van der Waals surface area contributed by atoms with Crippen LogP contribution in [-0.4, -0.2) is 15.0 Å². The Bertz CT molecular complexity index is 491. The third kappa shape index (κ3) is 2.04. The lowest BCUT2D eigenvalue weighted by molar-refractivity contribution is 1.08. The van der Waals surface area contributed by atoms with Crippen molar-refractivity contribution < 1.29 is 0 Å². The minimum atomic E-state index is 0.0691. The molecule has 0 aliphatic rings. The molecule has 78 valence electrons. The predicted molar refractivity (Wildman–Crippen MR) is 62.3 cm³/mol. The summed E-state index contributed by atoms with van der Waals surface area (Å²) in [7, 11) is 0. The van der Waals surface area contributed by atoms with Crippen molar-refractivity contribution in [3.63, 3.8) is 0 Å².